The number of benzene rings is 2. The Bertz CT molecular complexity index is 1530. The van der Waals surface area contributed by atoms with Crippen molar-refractivity contribution < 1.29 is 12.8 Å². The first-order valence-electron chi connectivity index (χ1n) is 10.7. The van der Waals surface area contributed by atoms with Gasteiger partial charge in [0.15, 0.2) is 0 Å². The van der Waals surface area contributed by atoms with Gasteiger partial charge in [-0.1, -0.05) is 48.0 Å². The van der Waals surface area contributed by atoms with E-state index in [2.05, 4.69) is 25.0 Å². The topological polar surface area (TPSA) is 114 Å². The third-order valence-electron chi connectivity index (χ3n) is 5.24. The molecule has 0 spiro atoms. The number of fused-ring (bicyclic) bond motifs is 1. The van der Waals surface area contributed by atoms with E-state index in [0.29, 0.717) is 24.0 Å². The van der Waals surface area contributed by atoms with Gasteiger partial charge >= 0.3 is 5.84 Å². The summed E-state index contributed by atoms with van der Waals surface area (Å²) in [6.07, 6.45) is 5.01. The van der Waals surface area contributed by atoms with Crippen LogP contribution >= 0.6 is 0 Å². The number of imidazole rings is 1. The minimum Gasteiger partial charge on any atom is -0.432 e. The van der Waals surface area contributed by atoms with Crippen molar-refractivity contribution in [3.05, 3.63) is 84.9 Å². The lowest BCUT2D eigenvalue weighted by atomic mass is 10.1. The van der Waals surface area contributed by atoms with Crippen LogP contribution in [0.3, 0.4) is 0 Å². The Morgan fingerprint density at radius 3 is 2.56 bits per heavy atom. The minimum absolute atomic E-state index is 0.178. The maximum atomic E-state index is 12.4. The summed E-state index contributed by atoms with van der Waals surface area (Å²) in [4.78, 5) is 13.8. The van der Waals surface area contributed by atoms with E-state index in [9.17, 15) is 8.42 Å². The zero-order chi connectivity index (χ0) is 23.5. The van der Waals surface area contributed by atoms with Crippen molar-refractivity contribution in [2.75, 3.05) is 18.4 Å². The van der Waals surface area contributed by atoms with Crippen LogP contribution in [-0.4, -0.2) is 40.9 Å². The Morgan fingerprint density at radius 2 is 1.76 bits per heavy atom. The Hall–Kier alpha value is -4.02. The molecule has 0 aliphatic heterocycles. The van der Waals surface area contributed by atoms with Crippen molar-refractivity contribution in [1.82, 2.24) is 24.1 Å². The molecule has 0 fully saturated rings. The normalized spacial score (nSPS) is 11.7. The monoisotopic (exact) mass is 474 g/mol. The first-order chi connectivity index (χ1) is 16.5. The Morgan fingerprint density at radius 1 is 0.971 bits per heavy atom. The molecule has 5 rings (SSSR count). The zero-order valence-electron chi connectivity index (χ0n) is 18.3. The molecule has 10 heteroatoms. The first-order valence-corrected chi connectivity index (χ1v) is 12.1. The van der Waals surface area contributed by atoms with E-state index in [0.717, 1.165) is 22.5 Å². The Balaban J connectivity index is 1.33. The number of aryl methyl sites for hydroxylation is 1. The number of anilines is 1. The van der Waals surface area contributed by atoms with Gasteiger partial charge in [0.2, 0.25) is 16.0 Å². The Kier molecular flexibility index (Phi) is 5.83. The minimum atomic E-state index is -3.58. The molecule has 0 amide bonds. The Labute approximate surface area is 196 Å². The highest BCUT2D eigenvalue weighted by Gasteiger charge is 2.19. The molecule has 0 aliphatic carbocycles. The molecule has 0 saturated carbocycles. The SMILES string of the molecule is Cc1ccc(S(=O)(=O)NCCNc2nccc(-c3c(-c4ccccc4)nc4occn34)n2)cc1. The summed E-state index contributed by atoms with van der Waals surface area (Å²) in [6, 6.07) is 18.3. The molecular weight excluding hydrogens is 452 g/mol. The van der Waals surface area contributed by atoms with E-state index in [-0.39, 0.29) is 11.4 Å². The molecule has 3 aromatic heterocycles. The van der Waals surface area contributed by atoms with Gasteiger partial charge in [-0.15, -0.1) is 0 Å². The van der Waals surface area contributed by atoms with Gasteiger partial charge in [0.05, 0.1) is 10.6 Å². The van der Waals surface area contributed by atoms with E-state index in [4.69, 9.17) is 4.42 Å². The number of nitrogens with zero attached hydrogens (tertiary/aromatic N) is 4. The van der Waals surface area contributed by atoms with E-state index in [1.54, 1.807) is 49.0 Å². The average molecular weight is 475 g/mol. The molecule has 0 atom stereocenters. The van der Waals surface area contributed by atoms with Gasteiger partial charge in [0.25, 0.3) is 0 Å². The summed E-state index contributed by atoms with van der Waals surface area (Å²) in [6.45, 7) is 2.40. The highest BCUT2D eigenvalue weighted by molar-refractivity contribution is 7.89. The van der Waals surface area contributed by atoms with Gasteiger partial charge in [-0.05, 0) is 25.1 Å². The van der Waals surface area contributed by atoms with Crippen LogP contribution in [0, 0.1) is 6.92 Å². The van der Waals surface area contributed by atoms with Crippen LogP contribution in [0.1, 0.15) is 5.56 Å². The van der Waals surface area contributed by atoms with Gasteiger partial charge in [0.1, 0.15) is 17.7 Å². The molecule has 0 saturated heterocycles. The summed E-state index contributed by atoms with van der Waals surface area (Å²) in [7, 11) is -3.58. The number of rotatable bonds is 8. The molecule has 2 aromatic carbocycles. The quantitative estimate of drug-likeness (QED) is 0.329. The third-order valence-corrected chi connectivity index (χ3v) is 6.72. The first kappa shape index (κ1) is 21.8. The molecule has 0 unspecified atom stereocenters. The highest BCUT2D eigenvalue weighted by atomic mass is 32.2. The van der Waals surface area contributed by atoms with Gasteiger partial charge < -0.3 is 9.73 Å². The summed E-state index contributed by atoms with van der Waals surface area (Å²) < 4.78 is 34.8. The predicted molar refractivity (Wildman–Crippen MR) is 129 cm³/mol. The molecule has 3 heterocycles. The molecule has 0 aliphatic rings. The van der Waals surface area contributed by atoms with Crippen LogP contribution in [-0.2, 0) is 10.0 Å². The van der Waals surface area contributed by atoms with Gasteiger partial charge in [-0.2, -0.15) is 4.98 Å². The number of hydrogen-bond acceptors (Lipinski definition) is 7. The largest absolute Gasteiger partial charge is 0.432 e. The van der Waals surface area contributed by atoms with Crippen LogP contribution in [0.15, 0.2) is 88.6 Å². The molecule has 0 bridgehead atoms. The van der Waals surface area contributed by atoms with Crippen LogP contribution in [0.25, 0.3) is 28.5 Å². The number of oxazole rings is 1. The molecule has 34 heavy (non-hydrogen) atoms. The molecule has 0 radical (unpaired) electrons. The highest BCUT2D eigenvalue weighted by Crippen LogP contribution is 2.32. The summed E-state index contributed by atoms with van der Waals surface area (Å²) in [5, 5.41) is 3.08. The zero-order valence-corrected chi connectivity index (χ0v) is 19.2. The lowest BCUT2D eigenvalue weighted by Crippen LogP contribution is -2.29. The van der Waals surface area contributed by atoms with Crippen molar-refractivity contribution in [2.24, 2.45) is 0 Å². The maximum Gasteiger partial charge on any atom is 0.306 e. The van der Waals surface area contributed by atoms with E-state index in [1.165, 1.54) is 0 Å². The second-order valence-corrected chi connectivity index (χ2v) is 9.40. The average Bonchev–Trinajstić information content (AvgIpc) is 3.44. The van der Waals surface area contributed by atoms with Gasteiger partial charge in [-0.25, -0.2) is 23.1 Å². The number of nitrogens with one attached hydrogen (secondary N) is 2. The summed E-state index contributed by atoms with van der Waals surface area (Å²) in [5.41, 5.74) is 4.12. The number of aromatic nitrogens is 4. The second kappa shape index (κ2) is 9.08. The maximum absolute atomic E-state index is 12.4. The number of hydrogen-bond donors (Lipinski definition) is 2. The molecular formula is C24H22N6O3S. The smallest absolute Gasteiger partial charge is 0.306 e. The molecule has 172 valence electrons. The molecule has 2 N–H and O–H groups in total. The van der Waals surface area contributed by atoms with E-state index < -0.39 is 10.0 Å². The lowest BCUT2D eigenvalue weighted by Gasteiger charge is -2.09. The van der Waals surface area contributed by atoms with Crippen molar-refractivity contribution in [2.45, 2.75) is 11.8 Å². The fourth-order valence-electron chi connectivity index (χ4n) is 3.56. The fraction of sp³-hybridized carbons (Fsp3) is 0.125. The lowest BCUT2D eigenvalue weighted by molar-refractivity contribution is 0.583. The van der Waals surface area contributed by atoms with Crippen LogP contribution < -0.4 is 10.0 Å². The molecule has 9 nitrogen and oxygen atoms in total. The van der Waals surface area contributed by atoms with Crippen molar-refractivity contribution >= 4 is 21.8 Å². The molecule has 5 aromatic rings. The standard InChI is InChI=1S/C24H22N6O3S/c1-17-7-9-19(10-8-17)34(31,32)27-14-13-26-23-25-12-11-20(28-23)22-21(18-5-3-2-4-6-18)29-24-30(22)15-16-33-24/h2-12,15-16,27H,13-14H2,1H3,(H,25,26,28). The van der Waals surface area contributed by atoms with E-state index >= 15 is 0 Å². The van der Waals surface area contributed by atoms with Crippen LogP contribution in [0.2, 0.25) is 0 Å². The summed E-state index contributed by atoms with van der Waals surface area (Å²) >= 11 is 0. The predicted octanol–water partition coefficient (Wildman–Crippen LogP) is 3.75. The van der Waals surface area contributed by atoms with Crippen molar-refractivity contribution in [3.63, 3.8) is 0 Å². The van der Waals surface area contributed by atoms with Crippen LogP contribution in [0.5, 0.6) is 0 Å². The van der Waals surface area contributed by atoms with Gasteiger partial charge in [0, 0.05) is 31.0 Å². The van der Waals surface area contributed by atoms with Crippen LogP contribution in [0.4, 0.5) is 5.95 Å². The second-order valence-electron chi connectivity index (χ2n) is 7.63. The fourth-order valence-corrected chi connectivity index (χ4v) is 4.60. The summed E-state index contributed by atoms with van der Waals surface area (Å²) in [5.74, 6) is 0.844. The van der Waals surface area contributed by atoms with Gasteiger partial charge in [-0.3, -0.25) is 4.40 Å². The van der Waals surface area contributed by atoms with E-state index in [1.807, 2.05) is 41.7 Å². The van der Waals surface area contributed by atoms with Crippen molar-refractivity contribution in [1.29, 1.82) is 0 Å². The number of sulfonamides is 1. The third kappa shape index (κ3) is 4.41. The van der Waals surface area contributed by atoms with Crippen molar-refractivity contribution in [3.8, 4) is 22.6 Å².